The van der Waals surface area contributed by atoms with E-state index in [4.69, 9.17) is 10.5 Å². The number of nitrogens with two attached hydrogens (primary N) is 1. The third kappa shape index (κ3) is 4.04. The molecule has 3 N–H and O–H groups in total. The van der Waals surface area contributed by atoms with Crippen LogP contribution in [0.15, 0.2) is 17.0 Å². The molecule has 1 aromatic carbocycles. The lowest BCUT2D eigenvalue weighted by Crippen LogP contribution is -2.36. The van der Waals surface area contributed by atoms with Gasteiger partial charge in [-0.1, -0.05) is 6.92 Å². The van der Waals surface area contributed by atoms with Crippen molar-refractivity contribution >= 4 is 27.5 Å². The van der Waals surface area contributed by atoms with Gasteiger partial charge in [0.05, 0.1) is 7.11 Å². The highest BCUT2D eigenvalue weighted by Crippen LogP contribution is 2.29. The lowest BCUT2D eigenvalue weighted by atomic mass is 10.2. The molecular formula is C13H22N2O3S2. The summed E-state index contributed by atoms with van der Waals surface area (Å²) in [6.07, 6.45) is 2.67. The lowest BCUT2D eigenvalue weighted by Gasteiger charge is -2.18. The molecule has 0 saturated carbocycles. The van der Waals surface area contributed by atoms with Gasteiger partial charge in [0.1, 0.15) is 10.6 Å². The van der Waals surface area contributed by atoms with Crippen molar-refractivity contribution in [3.8, 4) is 5.75 Å². The van der Waals surface area contributed by atoms with E-state index >= 15 is 0 Å². The predicted octanol–water partition coefficient (Wildman–Crippen LogP) is 2.01. The van der Waals surface area contributed by atoms with E-state index in [-0.39, 0.29) is 10.9 Å². The van der Waals surface area contributed by atoms with Crippen molar-refractivity contribution in [3.63, 3.8) is 0 Å². The summed E-state index contributed by atoms with van der Waals surface area (Å²) in [5.74, 6) is 1.03. The number of thioether (sulfide) groups is 1. The number of nitrogen functional groups attached to an aromatic ring is 1. The summed E-state index contributed by atoms with van der Waals surface area (Å²) in [6, 6.07) is 2.98. The van der Waals surface area contributed by atoms with Crippen LogP contribution in [0.1, 0.15) is 18.9 Å². The van der Waals surface area contributed by atoms with Crippen LogP contribution in [0.5, 0.6) is 5.75 Å². The van der Waals surface area contributed by atoms with Crippen LogP contribution in [0, 0.1) is 6.92 Å². The second-order valence-corrected chi connectivity index (χ2v) is 7.13. The first-order valence-electron chi connectivity index (χ1n) is 6.31. The number of sulfonamides is 1. The van der Waals surface area contributed by atoms with Crippen LogP contribution < -0.4 is 15.2 Å². The molecule has 0 heterocycles. The summed E-state index contributed by atoms with van der Waals surface area (Å²) in [5, 5.41) is 0. The van der Waals surface area contributed by atoms with E-state index in [0.29, 0.717) is 11.4 Å². The smallest absolute Gasteiger partial charge is 0.244 e. The van der Waals surface area contributed by atoms with Gasteiger partial charge >= 0.3 is 0 Å². The van der Waals surface area contributed by atoms with E-state index in [1.165, 1.54) is 13.2 Å². The Hall–Kier alpha value is -0.920. The van der Waals surface area contributed by atoms with E-state index < -0.39 is 10.0 Å². The van der Waals surface area contributed by atoms with E-state index in [0.717, 1.165) is 17.7 Å². The van der Waals surface area contributed by atoms with E-state index in [9.17, 15) is 8.42 Å². The van der Waals surface area contributed by atoms with Crippen LogP contribution in [0.25, 0.3) is 0 Å². The van der Waals surface area contributed by atoms with Crippen molar-refractivity contribution in [1.29, 1.82) is 0 Å². The minimum atomic E-state index is -3.64. The number of benzene rings is 1. The second kappa shape index (κ2) is 7.19. The molecule has 0 aliphatic rings. The summed E-state index contributed by atoms with van der Waals surface area (Å²) in [5.41, 5.74) is 7.03. The first-order chi connectivity index (χ1) is 9.35. The largest absolute Gasteiger partial charge is 0.495 e. The lowest BCUT2D eigenvalue weighted by molar-refractivity contribution is 0.402. The van der Waals surface area contributed by atoms with Crippen molar-refractivity contribution in [3.05, 3.63) is 17.7 Å². The minimum Gasteiger partial charge on any atom is -0.495 e. The summed E-state index contributed by atoms with van der Waals surface area (Å²) >= 11 is 1.60. The maximum atomic E-state index is 12.5. The zero-order valence-electron chi connectivity index (χ0n) is 12.3. The molecule has 1 atom stereocenters. The number of anilines is 1. The summed E-state index contributed by atoms with van der Waals surface area (Å²) in [7, 11) is -2.20. The van der Waals surface area contributed by atoms with Crippen LogP contribution in [0.4, 0.5) is 5.69 Å². The molecule has 1 unspecified atom stereocenters. The molecular weight excluding hydrogens is 296 g/mol. The Morgan fingerprint density at radius 2 is 2.10 bits per heavy atom. The van der Waals surface area contributed by atoms with Gasteiger partial charge in [-0.25, -0.2) is 13.1 Å². The Bertz CT molecular complexity index is 559. The Kier molecular flexibility index (Phi) is 6.16. The van der Waals surface area contributed by atoms with Crippen LogP contribution in [-0.2, 0) is 10.0 Å². The normalized spacial score (nSPS) is 13.2. The maximum Gasteiger partial charge on any atom is 0.244 e. The Labute approximate surface area is 125 Å². The molecule has 0 fully saturated rings. The molecule has 0 aromatic heterocycles. The maximum absolute atomic E-state index is 12.5. The molecule has 1 aromatic rings. The molecule has 0 aliphatic carbocycles. The third-order valence-corrected chi connectivity index (χ3v) is 5.30. The van der Waals surface area contributed by atoms with Gasteiger partial charge < -0.3 is 10.5 Å². The quantitative estimate of drug-likeness (QED) is 0.752. The molecule has 0 aliphatic heterocycles. The van der Waals surface area contributed by atoms with Crippen molar-refractivity contribution in [1.82, 2.24) is 4.72 Å². The fourth-order valence-electron chi connectivity index (χ4n) is 1.77. The second-order valence-electron chi connectivity index (χ2n) is 4.54. The van der Waals surface area contributed by atoms with Crippen LogP contribution >= 0.6 is 11.8 Å². The number of hydrogen-bond donors (Lipinski definition) is 2. The van der Waals surface area contributed by atoms with Crippen molar-refractivity contribution in [2.24, 2.45) is 0 Å². The number of nitrogens with one attached hydrogen (secondary N) is 1. The van der Waals surface area contributed by atoms with E-state index in [1.807, 2.05) is 20.1 Å². The average molecular weight is 318 g/mol. The molecule has 1 rings (SSSR count). The molecule has 0 radical (unpaired) electrons. The first-order valence-corrected chi connectivity index (χ1v) is 9.18. The highest BCUT2D eigenvalue weighted by Gasteiger charge is 2.23. The van der Waals surface area contributed by atoms with E-state index in [1.54, 1.807) is 17.8 Å². The number of hydrogen-bond acceptors (Lipinski definition) is 5. The molecule has 5 nitrogen and oxygen atoms in total. The van der Waals surface area contributed by atoms with Crippen LogP contribution in [0.3, 0.4) is 0 Å². The minimum absolute atomic E-state index is 0.0858. The molecule has 0 spiro atoms. The number of ether oxygens (including phenoxy) is 1. The molecule has 114 valence electrons. The number of methoxy groups -OCH3 is 1. The van der Waals surface area contributed by atoms with Gasteiger partial charge in [0.2, 0.25) is 10.0 Å². The average Bonchev–Trinajstić information content (AvgIpc) is 2.40. The highest BCUT2D eigenvalue weighted by atomic mass is 32.2. The number of rotatable bonds is 7. The van der Waals surface area contributed by atoms with Gasteiger partial charge in [-0.05, 0) is 37.3 Å². The monoisotopic (exact) mass is 318 g/mol. The van der Waals surface area contributed by atoms with Crippen molar-refractivity contribution in [2.75, 3.05) is 24.9 Å². The first kappa shape index (κ1) is 17.1. The van der Waals surface area contributed by atoms with Crippen LogP contribution in [-0.4, -0.2) is 33.6 Å². The van der Waals surface area contributed by atoms with Gasteiger partial charge in [0, 0.05) is 17.5 Å². The van der Waals surface area contributed by atoms with Crippen LogP contribution in [0.2, 0.25) is 0 Å². The predicted molar refractivity (Wildman–Crippen MR) is 84.9 cm³/mol. The summed E-state index contributed by atoms with van der Waals surface area (Å²) < 4.78 is 32.8. The molecule has 20 heavy (non-hydrogen) atoms. The zero-order chi connectivity index (χ0) is 15.3. The van der Waals surface area contributed by atoms with Gasteiger partial charge in [-0.15, -0.1) is 0 Å². The van der Waals surface area contributed by atoms with E-state index in [2.05, 4.69) is 4.72 Å². The van der Waals surface area contributed by atoms with Crippen molar-refractivity contribution in [2.45, 2.75) is 31.2 Å². The Morgan fingerprint density at radius 1 is 1.45 bits per heavy atom. The Morgan fingerprint density at radius 3 is 2.60 bits per heavy atom. The molecule has 0 saturated heterocycles. The molecule has 7 heteroatoms. The third-order valence-electron chi connectivity index (χ3n) is 3.02. The topological polar surface area (TPSA) is 81.4 Å². The summed E-state index contributed by atoms with van der Waals surface area (Å²) in [4.78, 5) is 0.0858. The zero-order valence-corrected chi connectivity index (χ0v) is 13.9. The Balaban J connectivity index is 3.17. The van der Waals surface area contributed by atoms with Gasteiger partial charge in [-0.3, -0.25) is 0 Å². The fourth-order valence-corrected chi connectivity index (χ4v) is 4.10. The van der Waals surface area contributed by atoms with Gasteiger partial charge in [0.15, 0.2) is 0 Å². The van der Waals surface area contributed by atoms with Gasteiger partial charge in [-0.2, -0.15) is 11.8 Å². The van der Waals surface area contributed by atoms with Crippen molar-refractivity contribution < 1.29 is 13.2 Å². The molecule has 0 amide bonds. The van der Waals surface area contributed by atoms with Gasteiger partial charge in [0.25, 0.3) is 0 Å². The fraction of sp³-hybridized carbons (Fsp3) is 0.538. The number of aryl methyl sites for hydroxylation is 1. The molecule has 0 bridgehead atoms. The standard InChI is InChI=1S/C13H22N2O3S2/c1-5-10(8-19-4)15-20(16,17)13-7-11(14)9(2)6-12(13)18-3/h6-7,10,15H,5,8,14H2,1-4H3. The highest BCUT2D eigenvalue weighted by molar-refractivity contribution is 7.98. The summed E-state index contributed by atoms with van der Waals surface area (Å²) in [6.45, 7) is 3.76. The SMILES string of the molecule is CCC(CSC)NS(=O)(=O)c1cc(N)c(C)cc1OC.